The molecule has 0 saturated carbocycles. The first-order chi connectivity index (χ1) is 9.00. The van der Waals surface area contributed by atoms with E-state index in [0.29, 0.717) is 24.0 Å². The van der Waals surface area contributed by atoms with Gasteiger partial charge in [-0.15, -0.1) is 0 Å². The van der Waals surface area contributed by atoms with Gasteiger partial charge >= 0.3 is 6.18 Å². The molecule has 3 heteroatoms. The second-order valence-electron chi connectivity index (χ2n) is 4.51. The summed E-state index contributed by atoms with van der Waals surface area (Å²) in [5.74, 6) is 0. The number of hydrogen-bond acceptors (Lipinski definition) is 0. The molecule has 2 aromatic rings. The zero-order chi connectivity index (χ0) is 13.9. The van der Waals surface area contributed by atoms with Crippen LogP contribution in [0, 0.1) is 0 Å². The molecular weight excluding hydrogens is 249 g/mol. The third-order valence-corrected chi connectivity index (χ3v) is 3.13. The maximum absolute atomic E-state index is 13.1. The lowest BCUT2D eigenvalue weighted by Crippen LogP contribution is -2.10. The minimum absolute atomic E-state index is 0.305. The van der Waals surface area contributed by atoms with Gasteiger partial charge in [0.15, 0.2) is 0 Å². The van der Waals surface area contributed by atoms with Crippen molar-refractivity contribution in [2.45, 2.75) is 25.9 Å². The van der Waals surface area contributed by atoms with Crippen molar-refractivity contribution in [3.8, 4) is 0 Å². The van der Waals surface area contributed by atoms with Crippen molar-refractivity contribution >= 4 is 0 Å². The summed E-state index contributed by atoms with van der Waals surface area (Å²) in [6, 6.07) is 13.8. The molecule has 2 aromatic carbocycles. The predicted octanol–water partition coefficient (Wildman–Crippen LogP) is 4.86. The van der Waals surface area contributed by atoms with E-state index in [2.05, 4.69) is 0 Å². The van der Waals surface area contributed by atoms with E-state index in [4.69, 9.17) is 0 Å². The fourth-order valence-electron chi connectivity index (χ4n) is 2.08. The molecule has 0 aromatic heterocycles. The molecule has 0 heterocycles. The monoisotopic (exact) mass is 264 g/mol. The Balaban J connectivity index is 2.40. The van der Waals surface area contributed by atoms with Gasteiger partial charge in [-0.05, 0) is 35.6 Å². The summed E-state index contributed by atoms with van der Waals surface area (Å²) in [4.78, 5) is 0. The first kappa shape index (κ1) is 13.7. The van der Waals surface area contributed by atoms with Crippen molar-refractivity contribution in [2.24, 2.45) is 0 Å². The van der Waals surface area contributed by atoms with Crippen molar-refractivity contribution in [3.63, 3.8) is 0 Å². The van der Waals surface area contributed by atoms with Crippen LogP contribution >= 0.6 is 0 Å². The Hall–Kier alpha value is -1.77. The van der Waals surface area contributed by atoms with Crippen LogP contribution in [0.2, 0.25) is 0 Å². The number of alkyl halides is 3. The van der Waals surface area contributed by atoms with E-state index >= 15 is 0 Å². The zero-order valence-electron chi connectivity index (χ0n) is 10.7. The molecule has 0 radical (unpaired) electrons. The Morgan fingerprint density at radius 3 is 2.16 bits per heavy atom. The molecule has 0 spiro atoms. The quantitative estimate of drug-likeness (QED) is 0.742. The van der Waals surface area contributed by atoms with Gasteiger partial charge < -0.3 is 0 Å². The number of benzene rings is 2. The van der Waals surface area contributed by atoms with Crippen molar-refractivity contribution in [3.05, 3.63) is 70.8 Å². The fraction of sp³-hybridized carbons (Fsp3) is 0.250. The van der Waals surface area contributed by atoms with Gasteiger partial charge in [0.1, 0.15) is 0 Å². The summed E-state index contributed by atoms with van der Waals surface area (Å²) in [5, 5.41) is 0. The average molecular weight is 264 g/mol. The highest BCUT2D eigenvalue weighted by Gasteiger charge is 2.33. The van der Waals surface area contributed by atoms with E-state index in [-0.39, 0.29) is 0 Å². The topological polar surface area (TPSA) is 0 Å². The minimum atomic E-state index is -4.30. The summed E-state index contributed by atoms with van der Waals surface area (Å²) in [7, 11) is 0. The third-order valence-electron chi connectivity index (χ3n) is 3.13. The molecule has 19 heavy (non-hydrogen) atoms. The summed E-state index contributed by atoms with van der Waals surface area (Å²) < 4.78 is 39.2. The average Bonchev–Trinajstić information content (AvgIpc) is 2.39. The first-order valence-electron chi connectivity index (χ1n) is 6.23. The maximum Gasteiger partial charge on any atom is 0.416 e. The summed E-state index contributed by atoms with van der Waals surface area (Å²) in [5.41, 5.74) is 1.41. The molecule has 2 rings (SSSR count). The second-order valence-corrected chi connectivity index (χ2v) is 4.51. The van der Waals surface area contributed by atoms with E-state index in [1.54, 1.807) is 12.1 Å². The smallest absolute Gasteiger partial charge is 0.166 e. The maximum atomic E-state index is 13.1. The molecule has 0 atom stereocenters. The molecular formula is C16H15F3. The van der Waals surface area contributed by atoms with E-state index < -0.39 is 11.7 Å². The van der Waals surface area contributed by atoms with Crippen LogP contribution in [0.1, 0.15) is 29.2 Å². The molecule has 0 bridgehead atoms. The Labute approximate surface area is 110 Å². The van der Waals surface area contributed by atoms with E-state index in [9.17, 15) is 13.2 Å². The third kappa shape index (κ3) is 3.37. The summed E-state index contributed by atoms with van der Waals surface area (Å²) in [6.45, 7) is 1.85. The summed E-state index contributed by atoms with van der Waals surface area (Å²) in [6.07, 6.45) is -3.39. The van der Waals surface area contributed by atoms with Crippen molar-refractivity contribution in [1.82, 2.24) is 0 Å². The Morgan fingerprint density at radius 1 is 0.895 bits per heavy atom. The van der Waals surface area contributed by atoms with E-state index in [1.165, 1.54) is 6.07 Å². The molecule has 0 amide bonds. The van der Waals surface area contributed by atoms with Crippen LogP contribution in [0.5, 0.6) is 0 Å². The fourth-order valence-corrected chi connectivity index (χ4v) is 2.08. The van der Waals surface area contributed by atoms with Crippen molar-refractivity contribution in [2.75, 3.05) is 0 Å². The molecule has 0 fully saturated rings. The van der Waals surface area contributed by atoms with Crippen LogP contribution in [0.3, 0.4) is 0 Å². The van der Waals surface area contributed by atoms with Crippen LogP contribution in [-0.4, -0.2) is 0 Å². The minimum Gasteiger partial charge on any atom is -0.166 e. The van der Waals surface area contributed by atoms with Crippen LogP contribution in [-0.2, 0) is 19.0 Å². The largest absolute Gasteiger partial charge is 0.416 e. The van der Waals surface area contributed by atoms with Crippen molar-refractivity contribution in [1.29, 1.82) is 0 Å². The van der Waals surface area contributed by atoms with Gasteiger partial charge in [-0.25, -0.2) is 0 Å². The predicted molar refractivity (Wildman–Crippen MR) is 70.1 cm³/mol. The Kier molecular flexibility index (Phi) is 3.93. The molecule has 0 aliphatic carbocycles. The normalized spacial score (nSPS) is 11.6. The van der Waals surface area contributed by atoms with Gasteiger partial charge in [0.05, 0.1) is 5.56 Å². The molecule has 0 aliphatic heterocycles. The van der Waals surface area contributed by atoms with Gasteiger partial charge in [0.25, 0.3) is 0 Å². The number of rotatable bonds is 3. The van der Waals surface area contributed by atoms with Gasteiger partial charge in [-0.3, -0.25) is 0 Å². The van der Waals surface area contributed by atoms with E-state index in [0.717, 1.165) is 5.56 Å². The summed E-state index contributed by atoms with van der Waals surface area (Å²) >= 11 is 0. The molecule has 0 N–H and O–H groups in total. The van der Waals surface area contributed by atoms with E-state index in [1.807, 2.05) is 37.3 Å². The molecule has 0 saturated heterocycles. The molecule has 0 unspecified atom stereocenters. The Morgan fingerprint density at radius 2 is 1.58 bits per heavy atom. The highest BCUT2D eigenvalue weighted by atomic mass is 19.4. The van der Waals surface area contributed by atoms with Crippen LogP contribution < -0.4 is 0 Å². The highest BCUT2D eigenvalue weighted by Crippen LogP contribution is 2.33. The zero-order valence-corrected chi connectivity index (χ0v) is 10.7. The second kappa shape index (κ2) is 5.47. The van der Waals surface area contributed by atoms with Crippen LogP contribution in [0.25, 0.3) is 0 Å². The SMILES string of the molecule is CCc1ccc(Cc2ccccc2)c(C(F)(F)F)c1. The Bertz CT molecular complexity index is 542. The first-order valence-corrected chi connectivity index (χ1v) is 6.23. The number of hydrogen-bond donors (Lipinski definition) is 0. The molecule has 0 nitrogen and oxygen atoms in total. The van der Waals surface area contributed by atoms with Gasteiger partial charge in [-0.1, -0.05) is 49.4 Å². The van der Waals surface area contributed by atoms with Gasteiger partial charge in [0, 0.05) is 0 Å². The standard InChI is InChI=1S/C16H15F3/c1-2-12-8-9-14(15(11-12)16(17,18)19)10-13-6-4-3-5-7-13/h3-9,11H,2,10H2,1H3. The lowest BCUT2D eigenvalue weighted by atomic mass is 9.96. The molecule has 0 aliphatic rings. The van der Waals surface area contributed by atoms with Crippen molar-refractivity contribution < 1.29 is 13.2 Å². The lowest BCUT2D eigenvalue weighted by molar-refractivity contribution is -0.138. The highest BCUT2D eigenvalue weighted by molar-refractivity contribution is 5.37. The number of aryl methyl sites for hydroxylation is 1. The molecule has 100 valence electrons. The lowest BCUT2D eigenvalue weighted by Gasteiger charge is -2.14. The van der Waals surface area contributed by atoms with Gasteiger partial charge in [-0.2, -0.15) is 13.2 Å². The van der Waals surface area contributed by atoms with Crippen LogP contribution in [0.15, 0.2) is 48.5 Å². The number of halogens is 3. The van der Waals surface area contributed by atoms with Gasteiger partial charge in [0.2, 0.25) is 0 Å². The van der Waals surface area contributed by atoms with Crippen LogP contribution in [0.4, 0.5) is 13.2 Å².